The SMILES string of the molecule is CCCC(=O)CCCC(=O)N1CCCC2CCCCC21. The summed E-state index contributed by atoms with van der Waals surface area (Å²) in [7, 11) is 0. The molecule has 2 aliphatic rings. The molecular weight excluding hydrogens is 250 g/mol. The van der Waals surface area contributed by atoms with E-state index in [9.17, 15) is 9.59 Å². The number of carbonyl (C=O) groups is 2. The molecule has 1 saturated carbocycles. The number of nitrogens with zero attached hydrogens (tertiary/aromatic N) is 1. The lowest BCUT2D eigenvalue weighted by atomic mass is 9.78. The molecular formula is C17H29NO2. The fourth-order valence-electron chi connectivity index (χ4n) is 3.92. The van der Waals surface area contributed by atoms with Crippen molar-refractivity contribution in [2.45, 2.75) is 83.6 Å². The second kappa shape index (κ2) is 7.80. The van der Waals surface area contributed by atoms with E-state index in [1.807, 2.05) is 6.92 Å². The highest BCUT2D eigenvalue weighted by atomic mass is 16.2. The van der Waals surface area contributed by atoms with Gasteiger partial charge in [-0.3, -0.25) is 9.59 Å². The number of piperidine rings is 1. The third-order valence-corrected chi connectivity index (χ3v) is 4.94. The van der Waals surface area contributed by atoms with Crippen LogP contribution in [0.25, 0.3) is 0 Å². The van der Waals surface area contributed by atoms with Gasteiger partial charge in [-0.15, -0.1) is 0 Å². The molecule has 1 saturated heterocycles. The molecule has 0 bridgehead atoms. The van der Waals surface area contributed by atoms with Crippen LogP contribution in [-0.4, -0.2) is 29.2 Å². The van der Waals surface area contributed by atoms with Crippen molar-refractivity contribution in [3.63, 3.8) is 0 Å². The summed E-state index contributed by atoms with van der Waals surface area (Å²) in [6, 6.07) is 0.511. The lowest BCUT2D eigenvalue weighted by Gasteiger charge is -2.44. The second-order valence-electron chi connectivity index (χ2n) is 6.48. The van der Waals surface area contributed by atoms with Gasteiger partial charge in [-0.25, -0.2) is 0 Å². The number of ketones is 1. The lowest BCUT2D eigenvalue weighted by Crippen LogP contribution is -2.49. The Morgan fingerprint density at radius 3 is 2.55 bits per heavy atom. The van der Waals surface area contributed by atoms with Crippen LogP contribution in [0.3, 0.4) is 0 Å². The Morgan fingerprint density at radius 1 is 1.00 bits per heavy atom. The Bertz CT molecular complexity index is 338. The molecule has 1 aliphatic carbocycles. The number of hydrogen-bond donors (Lipinski definition) is 0. The number of rotatable bonds is 6. The number of fused-ring (bicyclic) bond motifs is 1. The summed E-state index contributed by atoms with van der Waals surface area (Å²) >= 11 is 0. The van der Waals surface area contributed by atoms with Crippen LogP contribution >= 0.6 is 0 Å². The number of hydrogen-bond acceptors (Lipinski definition) is 2. The van der Waals surface area contributed by atoms with E-state index in [1.54, 1.807) is 0 Å². The van der Waals surface area contributed by atoms with Gasteiger partial charge in [0.25, 0.3) is 0 Å². The third-order valence-electron chi connectivity index (χ3n) is 4.94. The van der Waals surface area contributed by atoms with Crippen molar-refractivity contribution in [3.05, 3.63) is 0 Å². The molecule has 20 heavy (non-hydrogen) atoms. The van der Waals surface area contributed by atoms with Crippen molar-refractivity contribution >= 4 is 11.7 Å². The predicted octanol–water partition coefficient (Wildman–Crippen LogP) is 3.71. The maximum atomic E-state index is 12.4. The van der Waals surface area contributed by atoms with Crippen LogP contribution in [0.15, 0.2) is 0 Å². The van der Waals surface area contributed by atoms with Gasteiger partial charge in [-0.1, -0.05) is 19.8 Å². The molecule has 3 heteroatoms. The van der Waals surface area contributed by atoms with E-state index in [0.717, 1.165) is 25.3 Å². The van der Waals surface area contributed by atoms with Crippen LogP contribution < -0.4 is 0 Å². The minimum Gasteiger partial charge on any atom is -0.339 e. The van der Waals surface area contributed by atoms with Gasteiger partial charge in [-0.05, 0) is 44.4 Å². The number of likely N-dealkylation sites (tertiary alicyclic amines) is 1. The first-order valence-corrected chi connectivity index (χ1v) is 8.53. The normalized spacial score (nSPS) is 26.1. The molecule has 2 fully saturated rings. The van der Waals surface area contributed by atoms with Gasteiger partial charge in [0.1, 0.15) is 5.78 Å². The minimum absolute atomic E-state index is 0.297. The molecule has 1 amide bonds. The molecule has 1 aliphatic heterocycles. The minimum atomic E-state index is 0.297. The summed E-state index contributed by atoms with van der Waals surface area (Å²) < 4.78 is 0. The molecule has 1 heterocycles. The summed E-state index contributed by atoms with van der Waals surface area (Å²) in [6.07, 6.45) is 11.1. The molecule has 3 nitrogen and oxygen atoms in total. The summed E-state index contributed by atoms with van der Waals surface area (Å²) in [5, 5.41) is 0. The van der Waals surface area contributed by atoms with Crippen molar-refractivity contribution in [2.75, 3.05) is 6.54 Å². The highest BCUT2D eigenvalue weighted by Gasteiger charge is 2.35. The number of amides is 1. The van der Waals surface area contributed by atoms with Crippen LogP contribution in [0.5, 0.6) is 0 Å². The highest BCUT2D eigenvalue weighted by Crippen LogP contribution is 2.35. The van der Waals surface area contributed by atoms with E-state index in [4.69, 9.17) is 0 Å². The van der Waals surface area contributed by atoms with Gasteiger partial charge in [0.15, 0.2) is 0 Å². The highest BCUT2D eigenvalue weighted by molar-refractivity contribution is 5.80. The molecule has 0 aromatic carbocycles. The number of carbonyl (C=O) groups excluding carboxylic acids is 2. The van der Waals surface area contributed by atoms with Gasteiger partial charge in [0, 0.05) is 31.8 Å². The first-order chi connectivity index (χ1) is 9.72. The molecule has 0 spiro atoms. The Labute approximate surface area is 123 Å². The van der Waals surface area contributed by atoms with Crippen LogP contribution in [-0.2, 0) is 9.59 Å². The fraction of sp³-hybridized carbons (Fsp3) is 0.882. The zero-order valence-corrected chi connectivity index (χ0v) is 12.9. The summed E-state index contributed by atoms with van der Waals surface area (Å²) in [4.78, 5) is 26.1. The van der Waals surface area contributed by atoms with Crippen LogP contribution in [0.4, 0.5) is 0 Å². The maximum Gasteiger partial charge on any atom is 0.222 e. The summed E-state index contributed by atoms with van der Waals surface area (Å²) in [6.45, 7) is 2.98. The smallest absolute Gasteiger partial charge is 0.222 e. The van der Waals surface area contributed by atoms with E-state index in [-0.39, 0.29) is 0 Å². The predicted molar refractivity (Wildman–Crippen MR) is 80.5 cm³/mol. The van der Waals surface area contributed by atoms with E-state index < -0.39 is 0 Å². The largest absolute Gasteiger partial charge is 0.339 e. The Balaban J connectivity index is 1.77. The Morgan fingerprint density at radius 2 is 1.75 bits per heavy atom. The van der Waals surface area contributed by atoms with Crippen LogP contribution in [0, 0.1) is 5.92 Å². The molecule has 2 atom stereocenters. The van der Waals surface area contributed by atoms with Gasteiger partial charge < -0.3 is 4.90 Å². The van der Waals surface area contributed by atoms with Crippen molar-refractivity contribution in [2.24, 2.45) is 5.92 Å². The Hall–Kier alpha value is -0.860. The molecule has 2 rings (SSSR count). The van der Waals surface area contributed by atoms with Gasteiger partial charge in [0.2, 0.25) is 5.91 Å². The van der Waals surface area contributed by atoms with Crippen LogP contribution in [0.2, 0.25) is 0 Å². The summed E-state index contributed by atoms with van der Waals surface area (Å²) in [5.74, 6) is 1.36. The third kappa shape index (κ3) is 4.07. The molecule has 0 aromatic heterocycles. The van der Waals surface area contributed by atoms with E-state index in [0.29, 0.717) is 37.0 Å². The topological polar surface area (TPSA) is 37.4 Å². The van der Waals surface area contributed by atoms with E-state index in [2.05, 4.69) is 4.90 Å². The van der Waals surface area contributed by atoms with Gasteiger partial charge in [0.05, 0.1) is 0 Å². The van der Waals surface area contributed by atoms with Crippen molar-refractivity contribution in [1.82, 2.24) is 4.90 Å². The monoisotopic (exact) mass is 279 g/mol. The standard InChI is InChI=1S/C17H29NO2/c1-2-7-15(19)10-5-12-17(20)18-13-6-9-14-8-3-4-11-16(14)18/h14,16H,2-13H2,1H3. The first-order valence-electron chi connectivity index (χ1n) is 8.53. The van der Waals surface area contributed by atoms with E-state index in [1.165, 1.54) is 38.5 Å². The van der Waals surface area contributed by atoms with Crippen molar-refractivity contribution in [1.29, 1.82) is 0 Å². The van der Waals surface area contributed by atoms with Crippen molar-refractivity contribution in [3.8, 4) is 0 Å². The molecule has 0 aromatic rings. The molecule has 114 valence electrons. The van der Waals surface area contributed by atoms with Gasteiger partial charge >= 0.3 is 0 Å². The second-order valence-corrected chi connectivity index (χ2v) is 6.48. The molecule has 0 radical (unpaired) electrons. The average Bonchev–Trinajstić information content (AvgIpc) is 2.47. The fourth-order valence-corrected chi connectivity index (χ4v) is 3.92. The average molecular weight is 279 g/mol. The molecule has 2 unspecified atom stereocenters. The zero-order chi connectivity index (χ0) is 14.4. The van der Waals surface area contributed by atoms with Crippen molar-refractivity contribution < 1.29 is 9.59 Å². The van der Waals surface area contributed by atoms with E-state index >= 15 is 0 Å². The van der Waals surface area contributed by atoms with Gasteiger partial charge in [-0.2, -0.15) is 0 Å². The maximum absolute atomic E-state index is 12.4. The van der Waals surface area contributed by atoms with Crippen LogP contribution in [0.1, 0.15) is 77.6 Å². The zero-order valence-electron chi connectivity index (χ0n) is 12.9. The number of Topliss-reactive ketones (excluding diaryl/α,β-unsaturated/α-hetero) is 1. The Kier molecular flexibility index (Phi) is 6.06. The summed E-state index contributed by atoms with van der Waals surface area (Å²) in [5.41, 5.74) is 0. The lowest BCUT2D eigenvalue weighted by molar-refractivity contribution is -0.137. The quantitative estimate of drug-likeness (QED) is 0.743. The first kappa shape index (κ1) is 15.5. The molecule has 0 N–H and O–H groups in total.